The molecule has 1 atom stereocenters. The molecule has 3 nitrogen and oxygen atoms in total. The third kappa shape index (κ3) is 2.78. The second-order valence-electron chi connectivity index (χ2n) is 5.13. The number of benzene rings is 1. The Hall–Kier alpha value is -1.72. The topological polar surface area (TPSA) is 42.9 Å². The van der Waals surface area contributed by atoms with Crippen molar-refractivity contribution in [1.29, 1.82) is 0 Å². The third-order valence-corrected chi connectivity index (χ3v) is 5.86. The van der Waals surface area contributed by atoms with Crippen LogP contribution < -0.4 is 0 Å². The van der Waals surface area contributed by atoms with Crippen LogP contribution in [0.1, 0.15) is 27.7 Å². The van der Waals surface area contributed by atoms with Crippen LogP contribution in [-0.4, -0.2) is 21.0 Å². The Morgan fingerprint density at radius 2 is 1.91 bits per heavy atom. The van der Waals surface area contributed by atoms with Gasteiger partial charge in [-0.25, -0.2) is 9.97 Å². The normalized spacial score (nSPS) is 12.5. The van der Waals surface area contributed by atoms with Crippen LogP contribution in [0.25, 0.3) is 10.2 Å². The number of fused-ring (bicyclic) bond motifs is 1. The van der Waals surface area contributed by atoms with E-state index >= 15 is 0 Å². The first-order valence-electron chi connectivity index (χ1n) is 7.04. The summed E-state index contributed by atoms with van der Waals surface area (Å²) in [7, 11) is 0. The van der Waals surface area contributed by atoms with Crippen LogP contribution in [0.4, 0.5) is 0 Å². The molecule has 1 aromatic carbocycles. The molecule has 0 spiro atoms. The van der Waals surface area contributed by atoms with Gasteiger partial charge < -0.3 is 0 Å². The zero-order valence-corrected chi connectivity index (χ0v) is 14.3. The molecule has 0 saturated carbocycles. The summed E-state index contributed by atoms with van der Waals surface area (Å²) < 4.78 is 0. The predicted molar refractivity (Wildman–Crippen MR) is 93.0 cm³/mol. The van der Waals surface area contributed by atoms with E-state index in [0.717, 1.165) is 20.8 Å². The van der Waals surface area contributed by atoms with Gasteiger partial charge in [-0.05, 0) is 26.3 Å². The van der Waals surface area contributed by atoms with E-state index in [1.165, 1.54) is 22.2 Å². The fraction of sp³-hybridized carbons (Fsp3) is 0.235. The number of thioether (sulfide) groups is 1. The molecular formula is C17H16N2OS2. The Morgan fingerprint density at radius 1 is 1.18 bits per heavy atom. The van der Waals surface area contributed by atoms with Crippen LogP contribution in [0.15, 0.2) is 41.7 Å². The molecule has 3 aromatic rings. The molecule has 22 heavy (non-hydrogen) atoms. The van der Waals surface area contributed by atoms with Crippen molar-refractivity contribution in [2.24, 2.45) is 0 Å². The number of carbonyl (C=O) groups excluding carboxylic acids is 1. The Balaban J connectivity index is 1.92. The van der Waals surface area contributed by atoms with E-state index in [1.807, 2.05) is 37.3 Å². The Bertz CT molecular complexity index is 827. The van der Waals surface area contributed by atoms with Crippen molar-refractivity contribution in [3.63, 3.8) is 0 Å². The smallest absolute Gasteiger partial charge is 0.175 e. The first-order chi connectivity index (χ1) is 10.6. The molecular weight excluding hydrogens is 312 g/mol. The van der Waals surface area contributed by atoms with Crippen molar-refractivity contribution >= 4 is 39.1 Å². The average Bonchev–Trinajstić information content (AvgIpc) is 2.83. The van der Waals surface area contributed by atoms with Gasteiger partial charge in [0.15, 0.2) is 5.78 Å². The van der Waals surface area contributed by atoms with E-state index in [4.69, 9.17) is 0 Å². The van der Waals surface area contributed by atoms with Crippen LogP contribution in [0.5, 0.6) is 0 Å². The van der Waals surface area contributed by atoms with Crippen molar-refractivity contribution in [3.8, 4) is 0 Å². The second-order valence-corrected chi connectivity index (χ2v) is 7.67. The molecule has 0 aliphatic heterocycles. The number of nitrogens with zero attached hydrogens (tertiary/aromatic N) is 2. The highest BCUT2D eigenvalue weighted by Crippen LogP contribution is 2.36. The van der Waals surface area contributed by atoms with E-state index in [1.54, 1.807) is 17.7 Å². The molecule has 0 radical (unpaired) electrons. The van der Waals surface area contributed by atoms with Gasteiger partial charge in [-0.15, -0.1) is 11.3 Å². The molecule has 0 saturated heterocycles. The van der Waals surface area contributed by atoms with Crippen molar-refractivity contribution in [2.45, 2.75) is 31.0 Å². The molecule has 5 heteroatoms. The largest absolute Gasteiger partial charge is 0.293 e. The summed E-state index contributed by atoms with van der Waals surface area (Å²) in [4.78, 5) is 23.5. The lowest BCUT2D eigenvalue weighted by Gasteiger charge is -2.10. The number of carbonyl (C=O) groups is 1. The van der Waals surface area contributed by atoms with Crippen molar-refractivity contribution in [3.05, 3.63) is 52.7 Å². The molecule has 2 aromatic heterocycles. The third-order valence-electron chi connectivity index (χ3n) is 3.65. The highest BCUT2D eigenvalue weighted by atomic mass is 32.2. The average molecular weight is 328 g/mol. The minimum atomic E-state index is -0.180. The Labute approximate surface area is 137 Å². The molecule has 2 heterocycles. The van der Waals surface area contributed by atoms with E-state index in [9.17, 15) is 4.79 Å². The number of aromatic nitrogens is 2. The molecule has 3 rings (SSSR count). The van der Waals surface area contributed by atoms with E-state index in [0.29, 0.717) is 0 Å². The summed E-state index contributed by atoms with van der Waals surface area (Å²) in [5, 5.41) is 1.80. The summed E-state index contributed by atoms with van der Waals surface area (Å²) in [6.45, 7) is 6.11. The van der Waals surface area contributed by atoms with Crippen molar-refractivity contribution in [2.75, 3.05) is 0 Å². The summed E-state index contributed by atoms with van der Waals surface area (Å²) in [5.41, 5.74) is 1.95. The first kappa shape index (κ1) is 15.2. The highest BCUT2D eigenvalue weighted by Gasteiger charge is 2.20. The van der Waals surface area contributed by atoms with Gasteiger partial charge in [0.2, 0.25) is 0 Å². The first-order valence-corrected chi connectivity index (χ1v) is 8.74. The molecule has 0 N–H and O–H groups in total. The van der Waals surface area contributed by atoms with Crippen LogP contribution >= 0.6 is 23.1 Å². The number of aryl methyl sites for hydroxylation is 2. The van der Waals surface area contributed by atoms with Gasteiger partial charge in [-0.3, -0.25) is 4.79 Å². The Kier molecular flexibility index (Phi) is 4.27. The SMILES string of the molecule is Cc1sc2ncnc(SC(C)C(=O)c3ccccc3)c2c1C. The number of ketones is 1. The monoisotopic (exact) mass is 328 g/mol. The van der Waals surface area contributed by atoms with Gasteiger partial charge >= 0.3 is 0 Å². The lowest BCUT2D eigenvalue weighted by Crippen LogP contribution is -2.13. The standard InChI is InChI=1S/C17H16N2OS2/c1-10-11(2)21-16-14(10)17(19-9-18-16)22-12(3)15(20)13-7-5-4-6-8-13/h4-9,12H,1-3H3. The van der Waals surface area contributed by atoms with Gasteiger partial charge in [0.1, 0.15) is 16.2 Å². The quantitative estimate of drug-likeness (QED) is 0.396. The zero-order chi connectivity index (χ0) is 15.7. The molecule has 0 fully saturated rings. The summed E-state index contributed by atoms with van der Waals surface area (Å²) in [6.07, 6.45) is 1.58. The second kappa shape index (κ2) is 6.18. The minimum Gasteiger partial charge on any atom is -0.293 e. The lowest BCUT2D eigenvalue weighted by molar-refractivity contribution is 0.0994. The Morgan fingerprint density at radius 3 is 2.64 bits per heavy atom. The van der Waals surface area contributed by atoms with E-state index < -0.39 is 0 Å². The van der Waals surface area contributed by atoms with Crippen LogP contribution in [0.2, 0.25) is 0 Å². The van der Waals surface area contributed by atoms with Gasteiger partial charge in [0, 0.05) is 15.8 Å². The molecule has 0 amide bonds. The maximum atomic E-state index is 12.5. The van der Waals surface area contributed by atoms with Crippen molar-refractivity contribution < 1.29 is 4.79 Å². The predicted octanol–water partition coefficient (Wildman–Crippen LogP) is 4.67. The number of hydrogen-bond acceptors (Lipinski definition) is 5. The zero-order valence-electron chi connectivity index (χ0n) is 12.7. The summed E-state index contributed by atoms with van der Waals surface area (Å²) in [6, 6.07) is 9.41. The number of hydrogen-bond donors (Lipinski definition) is 0. The maximum Gasteiger partial charge on any atom is 0.175 e. The number of thiophene rings is 1. The van der Waals surface area contributed by atoms with Gasteiger partial charge in [0.05, 0.1) is 5.25 Å². The molecule has 112 valence electrons. The molecule has 0 bridgehead atoms. The summed E-state index contributed by atoms with van der Waals surface area (Å²) >= 11 is 3.18. The molecule has 0 aliphatic rings. The lowest BCUT2D eigenvalue weighted by atomic mass is 10.1. The van der Waals surface area contributed by atoms with Gasteiger partial charge in [-0.1, -0.05) is 42.1 Å². The fourth-order valence-electron chi connectivity index (χ4n) is 2.30. The number of rotatable bonds is 4. The van der Waals surface area contributed by atoms with E-state index in [2.05, 4.69) is 23.8 Å². The van der Waals surface area contributed by atoms with Gasteiger partial charge in [0.25, 0.3) is 0 Å². The van der Waals surface area contributed by atoms with Gasteiger partial charge in [-0.2, -0.15) is 0 Å². The molecule has 1 unspecified atom stereocenters. The summed E-state index contributed by atoms with van der Waals surface area (Å²) in [5.74, 6) is 0.127. The van der Waals surface area contributed by atoms with Crippen molar-refractivity contribution in [1.82, 2.24) is 9.97 Å². The number of Topliss-reactive ketones (excluding diaryl/α,β-unsaturated/α-hetero) is 1. The molecule has 0 aliphatic carbocycles. The van der Waals surface area contributed by atoms with E-state index in [-0.39, 0.29) is 11.0 Å². The van der Waals surface area contributed by atoms with Crippen LogP contribution in [-0.2, 0) is 0 Å². The fourth-order valence-corrected chi connectivity index (χ4v) is 4.41. The maximum absolute atomic E-state index is 12.5. The highest BCUT2D eigenvalue weighted by molar-refractivity contribution is 8.00. The minimum absolute atomic E-state index is 0.127. The van der Waals surface area contributed by atoms with Crippen LogP contribution in [0, 0.1) is 13.8 Å². The van der Waals surface area contributed by atoms with Crippen LogP contribution in [0.3, 0.4) is 0 Å².